The quantitative estimate of drug-likeness (QED) is 0.234. The number of anilines is 1. The molecule has 2 aromatic heterocycles. The van der Waals surface area contributed by atoms with Gasteiger partial charge < -0.3 is 5.73 Å². The molecule has 1 amide bonds. The van der Waals surface area contributed by atoms with Crippen LogP contribution >= 0.6 is 11.6 Å². The normalized spacial score (nSPS) is 11.1. The summed E-state index contributed by atoms with van der Waals surface area (Å²) in [7, 11) is 0. The molecule has 0 saturated heterocycles. The van der Waals surface area contributed by atoms with Crippen molar-refractivity contribution in [1.29, 1.82) is 0 Å². The number of nitro groups is 1. The number of amides is 1. The van der Waals surface area contributed by atoms with E-state index in [1.165, 1.54) is 23.0 Å². The molecule has 2 heterocycles. The van der Waals surface area contributed by atoms with Gasteiger partial charge in [-0.25, -0.2) is 10.1 Å². The summed E-state index contributed by atoms with van der Waals surface area (Å²) in [5.41, 5.74) is 9.55. The monoisotopic (exact) mass is 467 g/mol. The van der Waals surface area contributed by atoms with Crippen molar-refractivity contribution in [3.63, 3.8) is 0 Å². The molecule has 0 saturated carbocycles. The van der Waals surface area contributed by atoms with Gasteiger partial charge in [-0.2, -0.15) is 9.78 Å². The van der Waals surface area contributed by atoms with E-state index in [4.69, 9.17) is 17.3 Å². The molecule has 0 aliphatic heterocycles. The number of nitrogens with one attached hydrogen (secondary N) is 1. The highest BCUT2D eigenvalue weighted by Crippen LogP contribution is 2.21. The van der Waals surface area contributed by atoms with Crippen LogP contribution < -0.4 is 11.2 Å². The Balaban J connectivity index is 1.64. The smallest absolute Gasteiger partial charge is 0.293 e. The minimum absolute atomic E-state index is 0.0398. The van der Waals surface area contributed by atoms with Gasteiger partial charge in [-0.1, -0.05) is 47.1 Å². The van der Waals surface area contributed by atoms with Crippen molar-refractivity contribution in [2.45, 2.75) is 6.42 Å². The summed E-state index contributed by atoms with van der Waals surface area (Å²) in [6.45, 7) is 0. The van der Waals surface area contributed by atoms with Crippen LogP contribution in [0.4, 0.5) is 11.5 Å². The first-order chi connectivity index (χ1) is 15.9. The van der Waals surface area contributed by atoms with Gasteiger partial charge in [-0.3, -0.25) is 14.9 Å². The largest absolute Gasteiger partial charge is 0.378 e. The topological polar surface area (TPSA) is 180 Å². The molecule has 3 N–H and O–H groups in total. The molecular formula is C19H14ClN9O4. The van der Waals surface area contributed by atoms with Crippen molar-refractivity contribution < 1.29 is 14.3 Å². The van der Waals surface area contributed by atoms with E-state index in [0.717, 1.165) is 0 Å². The van der Waals surface area contributed by atoms with E-state index < -0.39 is 10.8 Å². The van der Waals surface area contributed by atoms with Gasteiger partial charge in [0.25, 0.3) is 11.6 Å². The van der Waals surface area contributed by atoms with Crippen LogP contribution in [0.2, 0.25) is 5.02 Å². The fourth-order valence-corrected chi connectivity index (χ4v) is 3.05. The van der Waals surface area contributed by atoms with E-state index in [2.05, 4.69) is 35.8 Å². The van der Waals surface area contributed by atoms with Crippen LogP contribution in [0.15, 0.2) is 58.3 Å². The number of nitrogen functional groups attached to an aromatic ring is 1. The Hall–Kier alpha value is -4.65. The molecule has 0 radical (unpaired) electrons. The van der Waals surface area contributed by atoms with Crippen molar-refractivity contribution in [3.8, 4) is 5.82 Å². The third kappa shape index (κ3) is 4.67. The molecule has 0 fully saturated rings. The van der Waals surface area contributed by atoms with Crippen LogP contribution in [0.3, 0.4) is 0 Å². The maximum absolute atomic E-state index is 12.8. The molecule has 0 atom stereocenters. The van der Waals surface area contributed by atoms with Gasteiger partial charge in [-0.15, -0.1) is 5.10 Å². The lowest BCUT2D eigenvalue weighted by atomic mass is 10.1. The van der Waals surface area contributed by atoms with Crippen LogP contribution in [-0.4, -0.2) is 42.4 Å². The maximum atomic E-state index is 12.8. The van der Waals surface area contributed by atoms with E-state index >= 15 is 0 Å². The number of carbonyl (C=O) groups excluding carboxylic acids is 1. The SMILES string of the molecule is Nc1nonc1-n1nnc(C(=O)NN=Cc2ccccc2Cl)c1Cc1ccc([N+](=O)[O-])cc1. The van der Waals surface area contributed by atoms with Gasteiger partial charge in [0.1, 0.15) is 0 Å². The Bertz CT molecular complexity index is 1350. The summed E-state index contributed by atoms with van der Waals surface area (Å²) < 4.78 is 5.82. The third-order valence-corrected chi connectivity index (χ3v) is 4.81. The Morgan fingerprint density at radius 3 is 2.67 bits per heavy atom. The minimum Gasteiger partial charge on any atom is -0.378 e. The third-order valence-electron chi connectivity index (χ3n) is 4.47. The van der Waals surface area contributed by atoms with Crippen molar-refractivity contribution in [3.05, 3.63) is 86.2 Å². The van der Waals surface area contributed by atoms with Gasteiger partial charge in [0.2, 0.25) is 11.6 Å². The van der Waals surface area contributed by atoms with Gasteiger partial charge in [-0.05, 0) is 21.9 Å². The molecule has 4 rings (SSSR count). The zero-order valence-corrected chi connectivity index (χ0v) is 17.4. The van der Waals surface area contributed by atoms with Crippen molar-refractivity contribution >= 4 is 35.2 Å². The van der Waals surface area contributed by atoms with Gasteiger partial charge >= 0.3 is 0 Å². The number of rotatable bonds is 7. The van der Waals surface area contributed by atoms with Crippen LogP contribution in [0, 0.1) is 10.1 Å². The van der Waals surface area contributed by atoms with E-state index in [-0.39, 0.29) is 35.1 Å². The van der Waals surface area contributed by atoms with Crippen molar-refractivity contribution in [2.24, 2.45) is 5.10 Å². The second-order valence-electron chi connectivity index (χ2n) is 6.59. The van der Waals surface area contributed by atoms with E-state index in [1.54, 1.807) is 36.4 Å². The van der Waals surface area contributed by atoms with E-state index in [9.17, 15) is 14.9 Å². The summed E-state index contributed by atoms with van der Waals surface area (Å²) in [6, 6.07) is 12.8. The summed E-state index contributed by atoms with van der Waals surface area (Å²) in [4.78, 5) is 23.2. The molecule has 0 aliphatic rings. The lowest BCUT2D eigenvalue weighted by Gasteiger charge is -2.06. The molecular weight excluding hydrogens is 454 g/mol. The predicted molar refractivity (Wildman–Crippen MR) is 116 cm³/mol. The molecule has 14 heteroatoms. The average Bonchev–Trinajstić information content (AvgIpc) is 3.41. The van der Waals surface area contributed by atoms with E-state index in [0.29, 0.717) is 16.1 Å². The first-order valence-corrected chi connectivity index (χ1v) is 9.66. The number of hydrogen-bond acceptors (Lipinski definition) is 10. The highest BCUT2D eigenvalue weighted by molar-refractivity contribution is 6.33. The number of aromatic nitrogens is 5. The Kier molecular flexibility index (Phi) is 6.04. The Morgan fingerprint density at radius 1 is 1.24 bits per heavy atom. The molecule has 2 aromatic carbocycles. The molecule has 0 spiro atoms. The van der Waals surface area contributed by atoms with Gasteiger partial charge in [0.15, 0.2) is 5.69 Å². The standard InChI is InChI=1S/C19H14ClN9O4/c20-14-4-2-1-3-12(14)10-22-24-19(30)16-15(9-11-5-7-13(8-6-11)29(31)32)28(27-23-16)18-17(21)25-33-26-18/h1-8,10H,9H2,(H2,21,25)(H,24,30). The fraction of sp³-hybridized carbons (Fsp3) is 0.0526. The Morgan fingerprint density at radius 2 is 2.00 bits per heavy atom. The maximum Gasteiger partial charge on any atom is 0.293 e. The van der Waals surface area contributed by atoms with Crippen LogP contribution in [0.5, 0.6) is 0 Å². The first-order valence-electron chi connectivity index (χ1n) is 9.28. The van der Waals surface area contributed by atoms with Crippen LogP contribution in [0.25, 0.3) is 5.82 Å². The second-order valence-corrected chi connectivity index (χ2v) is 7.00. The van der Waals surface area contributed by atoms with Crippen molar-refractivity contribution in [2.75, 3.05) is 5.73 Å². The van der Waals surface area contributed by atoms with Gasteiger partial charge in [0.05, 0.1) is 16.8 Å². The lowest BCUT2D eigenvalue weighted by Crippen LogP contribution is -2.20. The highest BCUT2D eigenvalue weighted by atomic mass is 35.5. The summed E-state index contributed by atoms with van der Waals surface area (Å²) in [5.74, 6) is -0.678. The number of benzene rings is 2. The predicted octanol–water partition coefficient (Wildman–Crippen LogP) is 2.15. The van der Waals surface area contributed by atoms with Crippen LogP contribution in [-0.2, 0) is 6.42 Å². The van der Waals surface area contributed by atoms with E-state index in [1.807, 2.05) is 0 Å². The number of hydrogen-bond donors (Lipinski definition) is 2. The molecule has 0 aliphatic carbocycles. The number of nitrogens with two attached hydrogens (primary N) is 1. The summed E-state index contributed by atoms with van der Waals surface area (Å²) >= 11 is 6.07. The number of halogens is 1. The average molecular weight is 468 g/mol. The second kappa shape index (κ2) is 9.23. The number of non-ortho nitro benzene ring substituents is 1. The molecule has 0 unspecified atom stereocenters. The number of hydrazone groups is 1. The Labute approximate surface area is 190 Å². The minimum atomic E-state index is -0.656. The molecule has 13 nitrogen and oxygen atoms in total. The van der Waals surface area contributed by atoms with Crippen LogP contribution in [0.1, 0.15) is 27.3 Å². The van der Waals surface area contributed by atoms with Gasteiger partial charge in [0, 0.05) is 29.1 Å². The fourth-order valence-electron chi connectivity index (χ4n) is 2.87. The highest BCUT2D eigenvalue weighted by Gasteiger charge is 2.24. The number of nitrogens with zero attached hydrogens (tertiary/aromatic N) is 7. The molecule has 33 heavy (non-hydrogen) atoms. The molecule has 166 valence electrons. The molecule has 4 aromatic rings. The number of carbonyl (C=O) groups is 1. The summed E-state index contributed by atoms with van der Waals surface area (Å²) in [5, 5.41) is 30.4. The van der Waals surface area contributed by atoms with Crippen molar-refractivity contribution in [1.82, 2.24) is 30.7 Å². The summed E-state index contributed by atoms with van der Waals surface area (Å²) in [6.07, 6.45) is 1.51. The first kappa shape index (κ1) is 21.6. The molecule has 0 bridgehead atoms. The lowest BCUT2D eigenvalue weighted by molar-refractivity contribution is -0.384. The number of nitro benzene ring substituents is 1. The zero-order valence-electron chi connectivity index (χ0n) is 16.6. The zero-order chi connectivity index (χ0) is 23.4.